The van der Waals surface area contributed by atoms with E-state index in [0.29, 0.717) is 6.04 Å². The van der Waals surface area contributed by atoms with Gasteiger partial charge in [0.1, 0.15) is 5.82 Å². The van der Waals surface area contributed by atoms with Crippen LogP contribution in [-0.2, 0) is 6.54 Å². The van der Waals surface area contributed by atoms with Crippen molar-refractivity contribution < 1.29 is 0 Å². The van der Waals surface area contributed by atoms with Crippen molar-refractivity contribution >= 4 is 0 Å². The fourth-order valence-electron chi connectivity index (χ4n) is 1.76. The molecule has 0 radical (unpaired) electrons. The molecule has 1 aromatic rings. The molecule has 1 atom stereocenters. The van der Waals surface area contributed by atoms with Crippen molar-refractivity contribution in [2.45, 2.75) is 38.8 Å². The number of hydrogen-bond acceptors (Lipinski definition) is 2. The molecule has 2 N–H and O–H groups in total. The highest BCUT2D eigenvalue weighted by Crippen LogP contribution is 2.29. The van der Waals surface area contributed by atoms with Gasteiger partial charge in [-0.05, 0) is 25.7 Å². The second kappa shape index (κ2) is 3.92. The molecule has 0 aromatic carbocycles. The minimum Gasteiger partial charge on any atom is -0.348 e. The van der Waals surface area contributed by atoms with Gasteiger partial charge in [-0.1, -0.05) is 6.42 Å². The fraction of sp³-hybridized carbons (Fsp3) is 0.700. The average molecular weight is 179 g/mol. The first-order valence-corrected chi connectivity index (χ1v) is 5.08. The molecule has 2 rings (SSSR count). The Morgan fingerprint density at radius 2 is 2.54 bits per heavy atom. The molecule has 3 heteroatoms. The molecule has 72 valence electrons. The van der Waals surface area contributed by atoms with Gasteiger partial charge in [-0.25, -0.2) is 4.98 Å². The maximum Gasteiger partial charge on any atom is 0.120 e. The summed E-state index contributed by atoms with van der Waals surface area (Å²) in [6.07, 6.45) is 7.87. The van der Waals surface area contributed by atoms with Crippen LogP contribution in [0.15, 0.2) is 12.4 Å². The van der Waals surface area contributed by atoms with Crippen LogP contribution in [0, 0.1) is 5.92 Å². The summed E-state index contributed by atoms with van der Waals surface area (Å²) in [5.41, 5.74) is 0. The Balaban J connectivity index is 1.72. The predicted octanol–water partition coefficient (Wildman–Crippen LogP) is 1.69. The van der Waals surface area contributed by atoms with Gasteiger partial charge in [0.2, 0.25) is 0 Å². The molecule has 3 nitrogen and oxygen atoms in total. The van der Waals surface area contributed by atoms with Crippen LogP contribution in [0.25, 0.3) is 0 Å². The molecule has 1 aliphatic rings. The van der Waals surface area contributed by atoms with E-state index in [4.69, 9.17) is 0 Å². The van der Waals surface area contributed by atoms with Crippen LogP contribution in [0.4, 0.5) is 0 Å². The zero-order chi connectivity index (χ0) is 9.10. The lowest BCUT2D eigenvalue weighted by Gasteiger charge is -2.31. The van der Waals surface area contributed by atoms with E-state index in [1.54, 1.807) is 6.20 Å². The normalized spacial score (nSPS) is 19.8. The van der Waals surface area contributed by atoms with Crippen molar-refractivity contribution in [2.75, 3.05) is 0 Å². The van der Waals surface area contributed by atoms with E-state index in [0.717, 1.165) is 18.3 Å². The maximum atomic E-state index is 4.17. The van der Waals surface area contributed by atoms with Gasteiger partial charge in [0.05, 0.1) is 6.54 Å². The van der Waals surface area contributed by atoms with Gasteiger partial charge >= 0.3 is 0 Å². The second-order valence-corrected chi connectivity index (χ2v) is 3.90. The van der Waals surface area contributed by atoms with Crippen molar-refractivity contribution in [1.29, 1.82) is 0 Å². The summed E-state index contributed by atoms with van der Waals surface area (Å²) < 4.78 is 0. The molecule has 1 heterocycles. The lowest BCUT2D eigenvalue weighted by Crippen LogP contribution is -2.36. The Morgan fingerprint density at radius 1 is 1.69 bits per heavy atom. The summed E-state index contributed by atoms with van der Waals surface area (Å²) in [5.74, 6) is 1.93. The number of H-pyrrole nitrogens is 1. The highest BCUT2D eigenvalue weighted by atomic mass is 15.0. The minimum atomic E-state index is 0.638. The SMILES string of the molecule is CC(NCc1ncc[nH]1)C1CCC1. The van der Waals surface area contributed by atoms with Crippen LogP contribution in [0.1, 0.15) is 32.0 Å². The molecule has 1 saturated carbocycles. The van der Waals surface area contributed by atoms with Crippen LogP contribution < -0.4 is 5.32 Å². The Kier molecular flexibility index (Phi) is 2.64. The molecule has 0 bridgehead atoms. The molecule has 1 aliphatic carbocycles. The molecule has 1 aromatic heterocycles. The third-order valence-corrected chi connectivity index (χ3v) is 3.00. The lowest BCUT2D eigenvalue weighted by molar-refractivity contribution is 0.239. The summed E-state index contributed by atoms with van der Waals surface area (Å²) in [5, 5.41) is 3.49. The molecule has 0 amide bonds. The van der Waals surface area contributed by atoms with Crippen molar-refractivity contribution in [1.82, 2.24) is 15.3 Å². The molecule has 0 aliphatic heterocycles. The van der Waals surface area contributed by atoms with E-state index in [1.807, 2.05) is 6.20 Å². The maximum absolute atomic E-state index is 4.17. The Morgan fingerprint density at radius 3 is 3.08 bits per heavy atom. The first-order chi connectivity index (χ1) is 6.36. The molecule has 1 fully saturated rings. The zero-order valence-electron chi connectivity index (χ0n) is 8.09. The quantitative estimate of drug-likeness (QED) is 0.738. The summed E-state index contributed by atoms with van der Waals surface area (Å²) >= 11 is 0. The molecule has 1 unspecified atom stereocenters. The van der Waals surface area contributed by atoms with Gasteiger partial charge in [-0.2, -0.15) is 0 Å². The van der Waals surface area contributed by atoms with E-state index in [2.05, 4.69) is 22.2 Å². The first kappa shape index (κ1) is 8.75. The number of nitrogens with zero attached hydrogens (tertiary/aromatic N) is 1. The number of hydrogen-bond donors (Lipinski definition) is 2. The van der Waals surface area contributed by atoms with Crippen molar-refractivity contribution in [2.24, 2.45) is 5.92 Å². The van der Waals surface area contributed by atoms with Crippen LogP contribution in [0.2, 0.25) is 0 Å². The number of rotatable bonds is 4. The standard InChI is InChI=1S/C10H17N3/c1-8(9-3-2-4-9)13-7-10-11-5-6-12-10/h5-6,8-9,13H,2-4,7H2,1H3,(H,11,12). The Hall–Kier alpha value is -0.830. The van der Waals surface area contributed by atoms with Gasteiger partial charge in [-0.3, -0.25) is 0 Å². The van der Waals surface area contributed by atoms with E-state index >= 15 is 0 Å². The van der Waals surface area contributed by atoms with Gasteiger partial charge in [0.15, 0.2) is 0 Å². The molecular formula is C10H17N3. The summed E-state index contributed by atoms with van der Waals surface area (Å²) in [6.45, 7) is 3.14. The third-order valence-electron chi connectivity index (χ3n) is 3.00. The van der Waals surface area contributed by atoms with Crippen molar-refractivity contribution in [3.05, 3.63) is 18.2 Å². The number of imidazole rings is 1. The van der Waals surface area contributed by atoms with Gasteiger partial charge in [0.25, 0.3) is 0 Å². The minimum absolute atomic E-state index is 0.638. The molecule has 0 spiro atoms. The molecule has 13 heavy (non-hydrogen) atoms. The topological polar surface area (TPSA) is 40.7 Å². The smallest absolute Gasteiger partial charge is 0.120 e. The fourth-order valence-corrected chi connectivity index (χ4v) is 1.76. The van der Waals surface area contributed by atoms with E-state index in [-0.39, 0.29) is 0 Å². The van der Waals surface area contributed by atoms with Crippen LogP contribution >= 0.6 is 0 Å². The summed E-state index contributed by atoms with van der Waals surface area (Å²) in [4.78, 5) is 7.27. The van der Waals surface area contributed by atoms with E-state index < -0.39 is 0 Å². The Labute approximate surface area is 79.0 Å². The van der Waals surface area contributed by atoms with Crippen molar-refractivity contribution in [3.63, 3.8) is 0 Å². The largest absolute Gasteiger partial charge is 0.348 e. The number of aromatic nitrogens is 2. The van der Waals surface area contributed by atoms with Crippen LogP contribution in [0.5, 0.6) is 0 Å². The molecule has 0 saturated heterocycles. The Bertz CT molecular complexity index is 239. The van der Waals surface area contributed by atoms with Crippen LogP contribution in [-0.4, -0.2) is 16.0 Å². The first-order valence-electron chi connectivity index (χ1n) is 5.08. The number of aromatic amines is 1. The number of nitrogens with one attached hydrogen (secondary N) is 2. The third kappa shape index (κ3) is 2.10. The highest BCUT2D eigenvalue weighted by Gasteiger charge is 2.23. The van der Waals surface area contributed by atoms with Gasteiger partial charge in [-0.15, -0.1) is 0 Å². The van der Waals surface area contributed by atoms with Gasteiger partial charge < -0.3 is 10.3 Å². The molecular weight excluding hydrogens is 162 g/mol. The van der Waals surface area contributed by atoms with E-state index in [1.165, 1.54) is 19.3 Å². The van der Waals surface area contributed by atoms with Crippen LogP contribution in [0.3, 0.4) is 0 Å². The van der Waals surface area contributed by atoms with E-state index in [9.17, 15) is 0 Å². The average Bonchev–Trinajstić information content (AvgIpc) is 2.49. The monoisotopic (exact) mass is 179 g/mol. The lowest BCUT2D eigenvalue weighted by atomic mass is 9.80. The highest BCUT2D eigenvalue weighted by molar-refractivity contribution is 4.88. The summed E-state index contributed by atoms with van der Waals surface area (Å²) in [6, 6.07) is 0.638. The van der Waals surface area contributed by atoms with Crippen molar-refractivity contribution in [3.8, 4) is 0 Å². The van der Waals surface area contributed by atoms with Gasteiger partial charge in [0, 0.05) is 18.4 Å². The zero-order valence-corrected chi connectivity index (χ0v) is 8.09. The second-order valence-electron chi connectivity index (χ2n) is 3.90. The predicted molar refractivity (Wildman–Crippen MR) is 52.2 cm³/mol. The summed E-state index contributed by atoms with van der Waals surface area (Å²) in [7, 11) is 0.